The van der Waals surface area contributed by atoms with E-state index in [2.05, 4.69) is 4.90 Å². The number of aliphatic hydroxyl groups is 1. The number of methoxy groups -OCH3 is 2. The minimum atomic E-state index is -0.274. The van der Waals surface area contributed by atoms with Crippen molar-refractivity contribution >= 4 is 0 Å². The van der Waals surface area contributed by atoms with Gasteiger partial charge in [-0.05, 0) is 19.8 Å². The lowest BCUT2D eigenvalue weighted by Gasteiger charge is -2.35. The number of aliphatic hydroxyl groups excluding tert-OH is 1. The average molecular weight is 189 g/mol. The molecule has 0 aromatic rings. The van der Waals surface area contributed by atoms with Crippen LogP contribution in [0.2, 0.25) is 0 Å². The van der Waals surface area contributed by atoms with E-state index in [-0.39, 0.29) is 18.6 Å². The largest absolute Gasteiger partial charge is 0.395 e. The zero-order valence-electron chi connectivity index (χ0n) is 8.62. The van der Waals surface area contributed by atoms with Gasteiger partial charge in [-0.1, -0.05) is 0 Å². The number of hydrogen-bond donors (Lipinski definition) is 1. The van der Waals surface area contributed by atoms with Gasteiger partial charge in [0.2, 0.25) is 0 Å². The van der Waals surface area contributed by atoms with Crippen molar-refractivity contribution in [3.8, 4) is 0 Å². The molecular weight excluding hydrogens is 170 g/mol. The minimum absolute atomic E-state index is 0.0806. The Morgan fingerprint density at radius 2 is 2.23 bits per heavy atom. The topological polar surface area (TPSA) is 41.9 Å². The van der Waals surface area contributed by atoms with E-state index in [0.29, 0.717) is 6.54 Å². The molecule has 2 atom stereocenters. The summed E-state index contributed by atoms with van der Waals surface area (Å²) in [6.45, 7) is 2.77. The normalized spacial score (nSPS) is 35.5. The second-order valence-corrected chi connectivity index (χ2v) is 3.53. The highest BCUT2D eigenvalue weighted by molar-refractivity contribution is 4.86. The molecule has 1 saturated heterocycles. The van der Waals surface area contributed by atoms with Crippen LogP contribution in [0.15, 0.2) is 0 Å². The monoisotopic (exact) mass is 189 g/mol. The molecule has 0 aromatic carbocycles. The zero-order valence-corrected chi connectivity index (χ0v) is 8.62. The Labute approximate surface area is 79.4 Å². The summed E-state index contributed by atoms with van der Waals surface area (Å²) >= 11 is 0. The summed E-state index contributed by atoms with van der Waals surface area (Å²) < 4.78 is 10.7. The van der Waals surface area contributed by atoms with Crippen molar-refractivity contribution in [1.82, 2.24) is 4.90 Å². The van der Waals surface area contributed by atoms with E-state index in [9.17, 15) is 0 Å². The van der Waals surface area contributed by atoms with Gasteiger partial charge in [0.05, 0.1) is 6.61 Å². The molecule has 1 N–H and O–H groups in total. The number of β-amino-alcohol motifs (C(OH)–C–C–N with tert-alkyl or cyclic N) is 1. The number of hydrogen-bond acceptors (Lipinski definition) is 4. The van der Waals surface area contributed by atoms with E-state index in [0.717, 1.165) is 12.8 Å². The summed E-state index contributed by atoms with van der Waals surface area (Å²) in [5, 5.41) is 8.91. The quantitative estimate of drug-likeness (QED) is 0.695. The third-order valence-corrected chi connectivity index (χ3v) is 2.86. The number of ether oxygens (including phenoxy) is 2. The minimum Gasteiger partial charge on any atom is -0.395 e. The first-order valence-corrected chi connectivity index (χ1v) is 4.63. The van der Waals surface area contributed by atoms with Crippen molar-refractivity contribution in [1.29, 1.82) is 0 Å². The van der Waals surface area contributed by atoms with Crippen LogP contribution in [0.5, 0.6) is 0 Å². The lowest BCUT2D eigenvalue weighted by Crippen LogP contribution is -2.48. The molecule has 1 heterocycles. The van der Waals surface area contributed by atoms with Crippen molar-refractivity contribution in [2.45, 2.75) is 31.7 Å². The number of nitrogens with zero attached hydrogens (tertiary/aromatic N) is 1. The van der Waals surface area contributed by atoms with E-state index >= 15 is 0 Å². The maximum Gasteiger partial charge on any atom is 0.120 e. The number of rotatable bonds is 4. The Bertz CT molecular complexity index is 165. The molecule has 0 aliphatic carbocycles. The van der Waals surface area contributed by atoms with Gasteiger partial charge >= 0.3 is 0 Å². The molecule has 1 aliphatic heterocycles. The van der Waals surface area contributed by atoms with Gasteiger partial charge in [0.1, 0.15) is 12.0 Å². The summed E-state index contributed by atoms with van der Waals surface area (Å²) in [6, 6.07) is 0. The molecule has 78 valence electrons. The molecule has 0 spiro atoms. The highest BCUT2D eigenvalue weighted by Crippen LogP contribution is 2.33. The third kappa shape index (κ3) is 2.02. The maximum atomic E-state index is 8.91. The molecule has 0 bridgehead atoms. The lowest BCUT2D eigenvalue weighted by molar-refractivity contribution is -0.153. The Hall–Kier alpha value is -0.160. The lowest BCUT2D eigenvalue weighted by atomic mass is 10.2. The SMILES string of the molecule is CO[C@@H]1CC[C@@](C)(OC)N1CCO. The second kappa shape index (κ2) is 4.37. The Morgan fingerprint density at radius 1 is 1.54 bits per heavy atom. The van der Waals surface area contributed by atoms with Crippen LogP contribution in [0.3, 0.4) is 0 Å². The van der Waals surface area contributed by atoms with Gasteiger partial charge in [0, 0.05) is 20.8 Å². The van der Waals surface area contributed by atoms with Crippen LogP contribution < -0.4 is 0 Å². The maximum absolute atomic E-state index is 8.91. The van der Waals surface area contributed by atoms with Gasteiger partial charge in [-0.2, -0.15) is 0 Å². The Morgan fingerprint density at radius 3 is 2.69 bits per heavy atom. The van der Waals surface area contributed by atoms with Crippen molar-refractivity contribution in [2.75, 3.05) is 27.4 Å². The first-order valence-electron chi connectivity index (χ1n) is 4.63. The van der Waals surface area contributed by atoms with Crippen LogP contribution in [0.1, 0.15) is 19.8 Å². The highest BCUT2D eigenvalue weighted by atomic mass is 16.5. The van der Waals surface area contributed by atoms with Crippen molar-refractivity contribution < 1.29 is 14.6 Å². The first kappa shape index (κ1) is 10.9. The zero-order chi connectivity index (χ0) is 9.90. The fourth-order valence-corrected chi connectivity index (χ4v) is 1.95. The fourth-order valence-electron chi connectivity index (χ4n) is 1.95. The van der Waals surface area contributed by atoms with Crippen molar-refractivity contribution in [3.63, 3.8) is 0 Å². The average Bonchev–Trinajstić information content (AvgIpc) is 2.46. The van der Waals surface area contributed by atoms with Crippen molar-refractivity contribution in [3.05, 3.63) is 0 Å². The molecule has 0 aromatic heterocycles. The van der Waals surface area contributed by atoms with E-state index < -0.39 is 0 Å². The van der Waals surface area contributed by atoms with Crippen LogP contribution in [0, 0.1) is 0 Å². The van der Waals surface area contributed by atoms with Gasteiger partial charge in [0.15, 0.2) is 0 Å². The molecule has 4 heteroatoms. The highest BCUT2D eigenvalue weighted by Gasteiger charge is 2.42. The third-order valence-electron chi connectivity index (χ3n) is 2.86. The van der Waals surface area contributed by atoms with Crippen LogP contribution in [-0.4, -0.2) is 49.3 Å². The van der Waals surface area contributed by atoms with Gasteiger partial charge in [-0.3, -0.25) is 0 Å². The van der Waals surface area contributed by atoms with Gasteiger partial charge in [0.25, 0.3) is 0 Å². The van der Waals surface area contributed by atoms with Crippen LogP contribution in [0.4, 0.5) is 0 Å². The summed E-state index contributed by atoms with van der Waals surface area (Å²) in [5.41, 5.74) is -0.274. The molecule has 1 aliphatic rings. The van der Waals surface area contributed by atoms with Gasteiger partial charge in [-0.15, -0.1) is 0 Å². The molecule has 1 fully saturated rings. The predicted molar refractivity (Wildman–Crippen MR) is 49.2 cm³/mol. The van der Waals surface area contributed by atoms with E-state index in [4.69, 9.17) is 14.6 Å². The van der Waals surface area contributed by atoms with Crippen LogP contribution >= 0.6 is 0 Å². The predicted octanol–water partition coefficient (Wildman–Crippen LogP) is 0.410. The van der Waals surface area contributed by atoms with Crippen LogP contribution in [0.25, 0.3) is 0 Å². The van der Waals surface area contributed by atoms with E-state index in [1.54, 1.807) is 14.2 Å². The molecule has 1 rings (SSSR count). The Kier molecular flexibility index (Phi) is 3.67. The number of likely N-dealkylation sites (tertiary alicyclic amines) is 1. The van der Waals surface area contributed by atoms with E-state index in [1.165, 1.54) is 0 Å². The van der Waals surface area contributed by atoms with E-state index in [1.807, 2.05) is 6.92 Å². The summed E-state index contributed by atoms with van der Waals surface area (Å²) in [7, 11) is 3.39. The van der Waals surface area contributed by atoms with Crippen LogP contribution in [-0.2, 0) is 9.47 Å². The molecule has 4 nitrogen and oxygen atoms in total. The molecule has 13 heavy (non-hydrogen) atoms. The van der Waals surface area contributed by atoms with Gasteiger partial charge in [-0.25, -0.2) is 4.90 Å². The fraction of sp³-hybridized carbons (Fsp3) is 1.00. The summed E-state index contributed by atoms with van der Waals surface area (Å²) in [4.78, 5) is 2.06. The molecule has 0 radical (unpaired) electrons. The van der Waals surface area contributed by atoms with Crippen molar-refractivity contribution in [2.24, 2.45) is 0 Å². The second-order valence-electron chi connectivity index (χ2n) is 3.53. The Balaban J connectivity index is 2.66. The smallest absolute Gasteiger partial charge is 0.120 e. The molecular formula is C9H19NO3. The standard InChI is InChI=1S/C9H19NO3/c1-9(13-3)5-4-8(12-2)10(9)6-7-11/h8,11H,4-7H2,1-3H3/t8-,9-/m1/s1. The van der Waals surface area contributed by atoms with Gasteiger partial charge < -0.3 is 14.6 Å². The summed E-state index contributed by atoms with van der Waals surface area (Å²) in [5.74, 6) is 0. The first-order chi connectivity index (χ1) is 6.18. The molecule has 0 amide bonds. The molecule has 0 saturated carbocycles. The molecule has 0 unspecified atom stereocenters. The summed E-state index contributed by atoms with van der Waals surface area (Å²) in [6.07, 6.45) is 1.99.